The second-order valence-electron chi connectivity index (χ2n) is 7.52. The van der Waals surface area contributed by atoms with E-state index in [4.69, 9.17) is 4.42 Å². The van der Waals surface area contributed by atoms with Gasteiger partial charge in [-0.15, -0.1) is 0 Å². The summed E-state index contributed by atoms with van der Waals surface area (Å²) in [6, 6.07) is 15.4. The number of fused-ring (bicyclic) bond motifs is 1. The average Bonchev–Trinajstić information content (AvgIpc) is 3.06. The van der Waals surface area contributed by atoms with Crippen LogP contribution in [-0.4, -0.2) is 18.2 Å². The molecule has 1 amide bonds. The number of nitrogens with one attached hydrogen (secondary N) is 1. The molecule has 160 valence electrons. The molecule has 0 radical (unpaired) electrons. The van der Waals surface area contributed by atoms with E-state index >= 15 is 0 Å². The van der Waals surface area contributed by atoms with Crippen LogP contribution in [0.2, 0.25) is 0 Å². The van der Waals surface area contributed by atoms with Crippen LogP contribution >= 0.6 is 11.9 Å². The molecule has 1 aromatic heterocycles. The number of benzene rings is 2. The molecular formula is C25H32N2O2S. The zero-order chi connectivity index (χ0) is 21.2. The van der Waals surface area contributed by atoms with E-state index in [1.165, 1.54) is 50.0 Å². The van der Waals surface area contributed by atoms with Gasteiger partial charge in [-0.05, 0) is 73.3 Å². The smallest absolute Gasteiger partial charge is 0.255 e. The van der Waals surface area contributed by atoms with Gasteiger partial charge in [0.2, 0.25) is 0 Å². The first-order valence-electron chi connectivity index (χ1n) is 11.0. The van der Waals surface area contributed by atoms with Gasteiger partial charge in [-0.25, -0.2) is 0 Å². The quantitative estimate of drug-likeness (QED) is 0.430. The second kappa shape index (κ2) is 11.7. The molecule has 1 N–H and O–H groups in total. The lowest BCUT2D eigenvalue weighted by Gasteiger charge is -2.21. The van der Waals surface area contributed by atoms with Gasteiger partial charge in [-0.3, -0.25) is 4.79 Å². The van der Waals surface area contributed by atoms with Crippen molar-refractivity contribution in [3.8, 4) is 0 Å². The van der Waals surface area contributed by atoms with E-state index in [2.05, 4.69) is 23.5 Å². The first kappa shape index (κ1) is 22.3. The third-order valence-corrected chi connectivity index (χ3v) is 6.26. The lowest BCUT2D eigenvalue weighted by Crippen LogP contribution is -2.15. The van der Waals surface area contributed by atoms with Crippen LogP contribution in [0.25, 0.3) is 11.0 Å². The van der Waals surface area contributed by atoms with Crippen LogP contribution in [0.1, 0.15) is 62.7 Å². The third-order valence-electron chi connectivity index (χ3n) is 5.09. The fourth-order valence-corrected chi connectivity index (χ4v) is 4.44. The molecule has 1 fully saturated rings. The highest BCUT2D eigenvalue weighted by Gasteiger charge is 2.12. The van der Waals surface area contributed by atoms with Crippen molar-refractivity contribution in [2.45, 2.75) is 52.4 Å². The summed E-state index contributed by atoms with van der Waals surface area (Å²) >= 11 is 1.88. The Balaban J connectivity index is 0.000000461. The third kappa shape index (κ3) is 6.30. The predicted octanol–water partition coefficient (Wildman–Crippen LogP) is 7.52. The van der Waals surface area contributed by atoms with Crippen LogP contribution in [-0.2, 0) is 0 Å². The Morgan fingerprint density at radius 1 is 1.03 bits per heavy atom. The van der Waals surface area contributed by atoms with Crippen molar-refractivity contribution in [3.05, 3.63) is 60.4 Å². The first-order chi connectivity index (χ1) is 14.7. The average molecular weight is 425 g/mol. The van der Waals surface area contributed by atoms with Crippen LogP contribution in [0.3, 0.4) is 0 Å². The number of nitrogens with zero attached hydrogens (tertiary/aromatic N) is 1. The van der Waals surface area contributed by atoms with Crippen LogP contribution in [0.4, 0.5) is 11.4 Å². The van der Waals surface area contributed by atoms with Gasteiger partial charge in [0, 0.05) is 34.6 Å². The number of anilines is 2. The van der Waals surface area contributed by atoms with Crippen molar-refractivity contribution < 1.29 is 9.21 Å². The summed E-state index contributed by atoms with van der Waals surface area (Å²) < 4.78 is 7.66. The molecule has 0 atom stereocenters. The molecule has 4 nitrogen and oxygen atoms in total. The molecule has 3 aromatic rings. The van der Waals surface area contributed by atoms with Gasteiger partial charge in [0.15, 0.2) is 0 Å². The van der Waals surface area contributed by atoms with Crippen molar-refractivity contribution in [3.63, 3.8) is 0 Å². The lowest BCUT2D eigenvalue weighted by atomic mass is 10.1. The standard InChI is InChI=1S/C20H20N2O2S.C5H12/c23-20(21-17-6-9-19-16(14-17)10-12-24-19)15-4-7-18(8-5-15)22-11-2-1-3-13-25-22;1-3-5-4-2/h4-10,12,14H,1-3,11,13H2,(H,21,23);3-5H2,1-2H3. The van der Waals surface area contributed by atoms with E-state index in [0.29, 0.717) is 5.56 Å². The molecule has 4 rings (SSSR count). The number of hydrogen-bond acceptors (Lipinski definition) is 4. The van der Waals surface area contributed by atoms with Crippen LogP contribution in [0.15, 0.2) is 59.2 Å². The summed E-state index contributed by atoms with van der Waals surface area (Å²) in [5.74, 6) is 1.07. The van der Waals surface area contributed by atoms with Crippen molar-refractivity contribution in [1.82, 2.24) is 0 Å². The van der Waals surface area contributed by atoms with Gasteiger partial charge in [0.1, 0.15) is 5.58 Å². The van der Waals surface area contributed by atoms with Crippen molar-refractivity contribution in [2.24, 2.45) is 0 Å². The summed E-state index contributed by atoms with van der Waals surface area (Å²) in [6.45, 7) is 5.49. The van der Waals surface area contributed by atoms with Crippen molar-refractivity contribution >= 4 is 40.2 Å². The van der Waals surface area contributed by atoms with E-state index in [9.17, 15) is 4.79 Å². The highest BCUT2D eigenvalue weighted by molar-refractivity contribution is 8.00. The normalized spacial score (nSPS) is 14.0. The number of amides is 1. The van der Waals surface area contributed by atoms with E-state index in [1.54, 1.807) is 6.26 Å². The van der Waals surface area contributed by atoms with Gasteiger partial charge < -0.3 is 14.0 Å². The molecule has 0 aliphatic carbocycles. The van der Waals surface area contributed by atoms with Gasteiger partial charge in [-0.1, -0.05) is 39.5 Å². The zero-order valence-corrected chi connectivity index (χ0v) is 18.8. The van der Waals surface area contributed by atoms with E-state index in [0.717, 1.165) is 23.2 Å². The molecule has 0 spiro atoms. The van der Waals surface area contributed by atoms with E-state index in [-0.39, 0.29) is 5.91 Å². The van der Waals surface area contributed by atoms with Gasteiger partial charge in [0.25, 0.3) is 5.91 Å². The molecule has 2 heterocycles. The maximum Gasteiger partial charge on any atom is 0.255 e. The number of furan rings is 1. The maximum atomic E-state index is 12.5. The number of carbonyl (C=O) groups excluding carboxylic acids is 1. The second-order valence-corrected chi connectivity index (χ2v) is 8.63. The SMILES string of the molecule is CCCCC.O=C(Nc1ccc2occc2c1)c1ccc(N2CCCCCS2)cc1. The molecule has 30 heavy (non-hydrogen) atoms. The lowest BCUT2D eigenvalue weighted by molar-refractivity contribution is 0.102. The molecule has 0 unspecified atom stereocenters. The van der Waals surface area contributed by atoms with Gasteiger partial charge in [0.05, 0.1) is 6.26 Å². The molecular weight excluding hydrogens is 392 g/mol. The Morgan fingerprint density at radius 2 is 1.83 bits per heavy atom. The minimum Gasteiger partial charge on any atom is -0.464 e. The van der Waals surface area contributed by atoms with Gasteiger partial charge in [-0.2, -0.15) is 0 Å². The fourth-order valence-electron chi connectivity index (χ4n) is 3.36. The minimum absolute atomic E-state index is 0.0992. The number of rotatable bonds is 5. The fraction of sp³-hybridized carbons (Fsp3) is 0.400. The summed E-state index contributed by atoms with van der Waals surface area (Å²) in [5, 5.41) is 3.93. The molecule has 1 aliphatic heterocycles. The van der Waals surface area contributed by atoms with Gasteiger partial charge >= 0.3 is 0 Å². The number of carbonyl (C=O) groups is 1. The maximum absolute atomic E-state index is 12.5. The Morgan fingerprint density at radius 3 is 2.57 bits per heavy atom. The Kier molecular flexibility index (Phi) is 8.69. The predicted molar refractivity (Wildman–Crippen MR) is 129 cm³/mol. The number of unbranched alkanes of at least 4 members (excludes halogenated alkanes) is 2. The first-order valence-corrected chi connectivity index (χ1v) is 11.9. The summed E-state index contributed by atoms with van der Waals surface area (Å²) in [4.78, 5) is 12.5. The van der Waals surface area contributed by atoms with Crippen molar-refractivity contribution in [1.29, 1.82) is 0 Å². The molecule has 1 aliphatic rings. The molecule has 5 heteroatoms. The Labute approximate surface area is 184 Å². The minimum atomic E-state index is -0.0992. The summed E-state index contributed by atoms with van der Waals surface area (Å²) in [7, 11) is 0. The highest BCUT2D eigenvalue weighted by Crippen LogP contribution is 2.27. The van der Waals surface area contributed by atoms with Crippen LogP contribution in [0.5, 0.6) is 0 Å². The highest BCUT2D eigenvalue weighted by atomic mass is 32.2. The summed E-state index contributed by atoms with van der Waals surface area (Å²) in [6.07, 6.45) is 9.53. The Hall–Kier alpha value is -2.40. The molecule has 0 bridgehead atoms. The summed E-state index contributed by atoms with van der Waals surface area (Å²) in [5.41, 5.74) is 3.42. The zero-order valence-electron chi connectivity index (χ0n) is 18.0. The molecule has 2 aromatic carbocycles. The van der Waals surface area contributed by atoms with E-state index in [1.807, 2.05) is 60.5 Å². The van der Waals surface area contributed by atoms with Crippen LogP contribution in [0, 0.1) is 0 Å². The largest absolute Gasteiger partial charge is 0.464 e. The number of hydrogen-bond donors (Lipinski definition) is 1. The van der Waals surface area contributed by atoms with Crippen molar-refractivity contribution in [2.75, 3.05) is 21.9 Å². The van der Waals surface area contributed by atoms with Crippen LogP contribution < -0.4 is 9.62 Å². The monoisotopic (exact) mass is 424 g/mol. The Bertz CT molecular complexity index is 910. The molecule has 0 saturated carbocycles. The topological polar surface area (TPSA) is 45.5 Å². The molecule has 1 saturated heterocycles. The van der Waals surface area contributed by atoms with E-state index < -0.39 is 0 Å².